The number of nitrogens with zero attached hydrogens (tertiary/aromatic N) is 2. The first kappa shape index (κ1) is 12.8. The van der Waals surface area contributed by atoms with Gasteiger partial charge in [-0.1, -0.05) is 0 Å². The molecule has 2 aliphatic heterocycles. The van der Waals surface area contributed by atoms with Gasteiger partial charge in [0.1, 0.15) is 5.54 Å². The second kappa shape index (κ2) is 5.33. The van der Waals surface area contributed by atoms with Crippen molar-refractivity contribution in [3.05, 3.63) is 0 Å². The zero-order valence-electron chi connectivity index (χ0n) is 10.6. The topological polar surface area (TPSA) is 55.8 Å². The number of piperazine rings is 1. The van der Waals surface area contributed by atoms with E-state index in [1.165, 1.54) is 0 Å². The van der Waals surface area contributed by atoms with Crippen molar-refractivity contribution in [3.8, 4) is 0 Å². The van der Waals surface area contributed by atoms with Crippen LogP contribution in [0.1, 0.15) is 19.3 Å². The van der Waals surface area contributed by atoms with Gasteiger partial charge in [-0.3, -0.25) is 9.69 Å². The Hall–Kier alpha value is -0.650. The Morgan fingerprint density at radius 2 is 2.00 bits per heavy atom. The van der Waals surface area contributed by atoms with Crippen LogP contribution in [-0.2, 0) is 4.79 Å². The number of piperidine rings is 1. The molecule has 0 aromatic heterocycles. The van der Waals surface area contributed by atoms with E-state index in [9.17, 15) is 9.90 Å². The summed E-state index contributed by atoms with van der Waals surface area (Å²) in [5, 5.41) is 12.7. The minimum absolute atomic E-state index is 0.649. The summed E-state index contributed by atoms with van der Waals surface area (Å²) in [6.45, 7) is 5.52. The highest BCUT2D eigenvalue weighted by molar-refractivity contribution is 5.79. The summed E-state index contributed by atoms with van der Waals surface area (Å²) in [6, 6.07) is 0. The fourth-order valence-electron chi connectivity index (χ4n) is 2.74. The first-order chi connectivity index (χ1) is 8.12. The quantitative estimate of drug-likeness (QED) is 0.718. The fourth-order valence-corrected chi connectivity index (χ4v) is 2.74. The number of carboxylic acids is 1. The van der Waals surface area contributed by atoms with E-state index in [0.717, 1.165) is 52.0 Å². The summed E-state index contributed by atoms with van der Waals surface area (Å²) in [6.07, 6.45) is 2.87. The zero-order valence-corrected chi connectivity index (χ0v) is 10.6. The molecule has 2 heterocycles. The Morgan fingerprint density at radius 1 is 1.29 bits per heavy atom. The van der Waals surface area contributed by atoms with Crippen LogP contribution in [0.25, 0.3) is 0 Å². The average Bonchev–Trinajstić information content (AvgIpc) is 2.33. The van der Waals surface area contributed by atoms with Crippen LogP contribution < -0.4 is 5.32 Å². The normalized spacial score (nSPS) is 32.5. The first-order valence-corrected chi connectivity index (χ1v) is 6.52. The SMILES string of the molecule is CN1CCN(CC2(C(=O)O)CCCCN2)CC1. The van der Waals surface area contributed by atoms with Gasteiger partial charge in [0.25, 0.3) is 0 Å². The summed E-state index contributed by atoms with van der Waals surface area (Å²) in [5.74, 6) is -0.684. The highest BCUT2D eigenvalue weighted by Crippen LogP contribution is 2.21. The molecule has 2 saturated heterocycles. The van der Waals surface area contributed by atoms with E-state index in [0.29, 0.717) is 6.54 Å². The van der Waals surface area contributed by atoms with Crippen LogP contribution in [0.3, 0.4) is 0 Å². The van der Waals surface area contributed by atoms with Gasteiger partial charge in [0, 0.05) is 32.7 Å². The molecular formula is C12H23N3O2. The number of likely N-dealkylation sites (N-methyl/N-ethyl adjacent to an activating group) is 1. The van der Waals surface area contributed by atoms with Crippen LogP contribution in [0.4, 0.5) is 0 Å². The fraction of sp³-hybridized carbons (Fsp3) is 0.917. The molecule has 17 heavy (non-hydrogen) atoms. The molecule has 0 radical (unpaired) electrons. The molecule has 1 atom stereocenters. The molecule has 98 valence electrons. The van der Waals surface area contributed by atoms with Crippen molar-refractivity contribution in [1.82, 2.24) is 15.1 Å². The lowest BCUT2D eigenvalue weighted by Gasteiger charge is -2.41. The van der Waals surface area contributed by atoms with Crippen LogP contribution in [0.5, 0.6) is 0 Å². The van der Waals surface area contributed by atoms with Crippen molar-refractivity contribution in [2.75, 3.05) is 46.3 Å². The summed E-state index contributed by atoms with van der Waals surface area (Å²) in [5.41, 5.74) is -0.700. The Labute approximate surface area is 103 Å². The smallest absolute Gasteiger partial charge is 0.325 e. The molecule has 0 aromatic rings. The van der Waals surface area contributed by atoms with Crippen LogP contribution in [-0.4, -0.2) is 72.7 Å². The van der Waals surface area contributed by atoms with Crippen LogP contribution in [0.15, 0.2) is 0 Å². The maximum absolute atomic E-state index is 11.5. The minimum atomic E-state index is -0.700. The number of carbonyl (C=O) groups is 1. The number of hydrogen-bond donors (Lipinski definition) is 2. The van der Waals surface area contributed by atoms with E-state index >= 15 is 0 Å². The maximum Gasteiger partial charge on any atom is 0.325 e. The predicted molar refractivity (Wildman–Crippen MR) is 66.2 cm³/mol. The van der Waals surface area contributed by atoms with Gasteiger partial charge < -0.3 is 15.3 Å². The molecule has 0 bridgehead atoms. The minimum Gasteiger partial charge on any atom is -0.480 e. The Balaban J connectivity index is 1.95. The van der Waals surface area contributed by atoms with Crippen molar-refractivity contribution >= 4 is 5.97 Å². The van der Waals surface area contributed by atoms with Gasteiger partial charge in [0.15, 0.2) is 0 Å². The van der Waals surface area contributed by atoms with Crippen molar-refractivity contribution in [3.63, 3.8) is 0 Å². The van der Waals surface area contributed by atoms with Gasteiger partial charge in [-0.2, -0.15) is 0 Å². The summed E-state index contributed by atoms with van der Waals surface area (Å²) < 4.78 is 0. The van der Waals surface area contributed by atoms with E-state index in [2.05, 4.69) is 22.2 Å². The molecule has 2 N–H and O–H groups in total. The summed E-state index contributed by atoms with van der Waals surface area (Å²) >= 11 is 0. The number of nitrogens with one attached hydrogen (secondary N) is 1. The van der Waals surface area contributed by atoms with Gasteiger partial charge in [0.2, 0.25) is 0 Å². The molecule has 2 aliphatic rings. The number of rotatable bonds is 3. The van der Waals surface area contributed by atoms with Gasteiger partial charge in [-0.25, -0.2) is 0 Å². The first-order valence-electron chi connectivity index (χ1n) is 6.52. The van der Waals surface area contributed by atoms with Crippen molar-refractivity contribution in [2.24, 2.45) is 0 Å². The van der Waals surface area contributed by atoms with Crippen LogP contribution >= 0.6 is 0 Å². The van der Waals surface area contributed by atoms with E-state index in [1.54, 1.807) is 0 Å². The highest BCUT2D eigenvalue weighted by atomic mass is 16.4. The lowest BCUT2D eigenvalue weighted by Crippen LogP contribution is -2.62. The molecule has 0 amide bonds. The van der Waals surface area contributed by atoms with E-state index in [4.69, 9.17) is 0 Å². The Bertz CT molecular complexity index is 269. The average molecular weight is 241 g/mol. The molecule has 5 heteroatoms. The highest BCUT2D eigenvalue weighted by Gasteiger charge is 2.41. The molecule has 2 fully saturated rings. The lowest BCUT2D eigenvalue weighted by atomic mass is 9.88. The van der Waals surface area contributed by atoms with Gasteiger partial charge in [-0.15, -0.1) is 0 Å². The molecule has 5 nitrogen and oxygen atoms in total. The van der Waals surface area contributed by atoms with E-state index in [-0.39, 0.29) is 0 Å². The second-order valence-corrected chi connectivity index (χ2v) is 5.35. The maximum atomic E-state index is 11.5. The monoisotopic (exact) mass is 241 g/mol. The number of hydrogen-bond acceptors (Lipinski definition) is 4. The molecule has 1 unspecified atom stereocenters. The Morgan fingerprint density at radius 3 is 2.53 bits per heavy atom. The Kier molecular flexibility index (Phi) is 4.01. The summed E-state index contributed by atoms with van der Waals surface area (Å²) in [7, 11) is 2.11. The van der Waals surface area contributed by atoms with Crippen molar-refractivity contribution < 1.29 is 9.90 Å². The predicted octanol–water partition coefficient (Wildman–Crippen LogP) is -0.169. The lowest BCUT2D eigenvalue weighted by molar-refractivity contribution is -0.147. The third-order valence-electron chi connectivity index (χ3n) is 3.99. The largest absolute Gasteiger partial charge is 0.480 e. The third kappa shape index (κ3) is 2.97. The molecule has 0 spiro atoms. The van der Waals surface area contributed by atoms with Gasteiger partial charge in [-0.05, 0) is 32.9 Å². The van der Waals surface area contributed by atoms with Gasteiger partial charge in [0.05, 0.1) is 0 Å². The number of aliphatic carboxylic acids is 1. The standard InChI is InChI=1S/C12H23N3O2/c1-14-6-8-15(9-7-14)10-12(11(16)17)4-2-3-5-13-12/h13H,2-10H2,1H3,(H,16,17). The molecule has 0 aromatic carbocycles. The van der Waals surface area contributed by atoms with E-state index in [1.807, 2.05) is 0 Å². The van der Waals surface area contributed by atoms with Crippen LogP contribution in [0.2, 0.25) is 0 Å². The number of carboxylic acid groups (broad SMARTS) is 1. The van der Waals surface area contributed by atoms with Gasteiger partial charge >= 0.3 is 5.97 Å². The third-order valence-corrected chi connectivity index (χ3v) is 3.99. The van der Waals surface area contributed by atoms with Crippen molar-refractivity contribution in [1.29, 1.82) is 0 Å². The molecular weight excluding hydrogens is 218 g/mol. The van der Waals surface area contributed by atoms with E-state index < -0.39 is 11.5 Å². The van der Waals surface area contributed by atoms with Crippen LogP contribution in [0, 0.1) is 0 Å². The summed E-state index contributed by atoms with van der Waals surface area (Å²) in [4.78, 5) is 16.1. The second-order valence-electron chi connectivity index (χ2n) is 5.35. The zero-order chi connectivity index (χ0) is 12.3. The molecule has 2 rings (SSSR count). The van der Waals surface area contributed by atoms with Crippen molar-refractivity contribution in [2.45, 2.75) is 24.8 Å². The molecule has 0 aliphatic carbocycles. The molecule has 0 saturated carbocycles.